The van der Waals surface area contributed by atoms with Gasteiger partial charge in [0, 0.05) is 27.3 Å². The third kappa shape index (κ3) is 8.79. The normalized spacial score (nSPS) is 13.4. The highest BCUT2D eigenvalue weighted by atomic mass is 28.4. The lowest BCUT2D eigenvalue weighted by Gasteiger charge is -2.36. The first-order valence-corrected chi connectivity index (χ1v) is 14.8. The molecule has 134 valence electrons. The van der Waals surface area contributed by atoms with Crippen molar-refractivity contribution in [3.8, 4) is 0 Å². The van der Waals surface area contributed by atoms with E-state index in [1.54, 1.807) is 14.2 Å². The molecule has 22 heavy (non-hydrogen) atoms. The van der Waals surface area contributed by atoms with Crippen molar-refractivity contribution in [2.45, 2.75) is 58.9 Å². The summed E-state index contributed by atoms with van der Waals surface area (Å²) in [5.41, 5.74) is 0. The predicted octanol–water partition coefficient (Wildman–Crippen LogP) is 3.61. The third-order valence-electron chi connectivity index (χ3n) is 4.70. The molecule has 0 saturated heterocycles. The van der Waals surface area contributed by atoms with Crippen LogP contribution in [0.2, 0.25) is 32.2 Å². The zero-order valence-electron chi connectivity index (χ0n) is 16.4. The second kappa shape index (κ2) is 10.9. The van der Waals surface area contributed by atoms with E-state index in [1.165, 1.54) is 32.5 Å². The highest BCUT2D eigenvalue weighted by Gasteiger charge is 2.28. The molecule has 0 rings (SSSR count). The maximum absolute atomic E-state index is 5.57. The number of likely N-dealkylation sites (N-methyl/N-ethyl adjacent to an activating group) is 1. The Hall–Kier alpha value is 0.274. The lowest BCUT2D eigenvalue weighted by Crippen LogP contribution is -2.49. The molecular weight excluding hydrogens is 308 g/mol. The molecule has 0 atom stereocenters. The molecule has 0 aliphatic heterocycles. The molecular formula is C16H40N2O2Si2. The second-order valence-electron chi connectivity index (χ2n) is 7.18. The van der Waals surface area contributed by atoms with E-state index >= 15 is 0 Å². The van der Waals surface area contributed by atoms with Crippen LogP contribution in [0.15, 0.2) is 0 Å². The molecule has 6 heteroatoms. The Morgan fingerprint density at radius 1 is 0.773 bits per heavy atom. The molecule has 0 aliphatic rings. The zero-order chi connectivity index (χ0) is 17.2. The van der Waals surface area contributed by atoms with E-state index in [0.717, 1.165) is 19.1 Å². The van der Waals surface area contributed by atoms with Crippen LogP contribution in [0.1, 0.15) is 26.7 Å². The van der Waals surface area contributed by atoms with Gasteiger partial charge in [-0.05, 0) is 38.6 Å². The van der Waals surface area contributed by atoms with Crippen LogP contribution in [0.25, 0.3) is 0 Å². The number of hydrogen-bond donors (Lipinski definition) is 0. The number of unbranched alkanes of at least 4 members (excludes halogenated alkanes) is 1. The van der Waals surface area contributed by atoms with E-state index < -0.39 is 16.8 Å². The van der Waals surface area contributed by atoms with Crippen LogP contribution in [0.5, 0.6) is 0 Å². The first kappa shape index (κ1) is 22.3. The molecule has 0 unspecified atom stereocenters. The molecule has 0 fully saturated rings. The van der Waals surface area contributed by atoms with E-state index in [4.69, 9.17) is 8.85 Å². The molecule has 0 spiro atoms. The highest BCUT2D eigenvalue weighted by Crippen LogP contribution is 2.17. The van der Waals surface area contributed by atoms with Crippen LogP contribution in [0, 0.1) is 0 Å². The van der Waals surface area contributed by atoms with Crippen molar-refractivity contribution in [1.29, 1.82) is 0 Å². The lowest BCUT2D eigenvalue weighted by atomic mass is 10.3. The van der Waals surface area contributed by atoms with Gasteiger partial charge in [-0.2, -0.15) is 0 Å². The fourth-order valence-electron chi connectivity index (χ4n) is 2.62. The molecule has 0 aromatic heterocycles. The Bertz CT molecular complexity index is 278. The van der Waals surface area contributed by atoms with E-state index in [2.05, 4.69) is 49.5 Å². The minimum atomic E-state index is -1.88. The minimum absolute atomic E-state index is 1.09. The molecule has 0 aliphatic carbocycles. The number of hydrogen-bond acceptors (Lipinski definition) is 4. The average molecular weight is 349 g/mol. The first-order valence-electron chi connectivity index (χ1n) is 8.80. The Balaban J connectivity index is 4.27. The van der Waals surface area contributed by atoms with Gasteiger partial charge in [0.25, 0.3) is 0 Å². The first-order chi connectivity index (χ1) is 10.2. The van der Waals surface area contributed by atoms with Crippen molar-refractivity contribution in [1.82, 2.24) is 9.47 Å². The Kier molecular flexibility index (Phi) is 11.1. The fourth-order valence-corrected chi connectivity index (χ4v) is 5.69. The predicted molar refractivity (Wildman–Crippen MR) is 102 cm³/mol. The summed E-state index contributed by atoms with van der Waals surface area (Å²) in [4.78, 5) is 2.52. The summed E-state index contributed by atoms with van der Waals surface area (Å²) < 4.78 is 13.9. The van der Waals surface area contributed by atoms with Crippen LogP contribution in [-0.2, 0) is 8.85 Å². The summed E-state index contributed by atoms with van der Waals surface area (Å²) in [7, 11) is 0.457. The Labute approximate surface area is 141 Å². The van der Waals surface area contributed by atoms with E-state index in [1.807, 2.05) is 0 Å². The third-order valence-corrected chi connectivity index (χ3v) is 10.0. The Morgan fingerprint density at radius 3 is 1.73 bits per heavy atom. The summed E-state index contributed by atoms with van der Waals surface area (Å²) >= 11 is 0. The van der Waals surface area contributed by atoms with Gasteiger partial charge in [-0.15, -0.1) is 0 Å². The van der Waals surface area contributed by atoms with E-state index in [9.17, 15) is 0 Å². The lowest BCUT2D eigenvalue weighted by molar-refractivity contribution is 0.246. The van der Waals surface area contributed by atoms with Gasteiger partial charge in [0.2, 0.25) is 0 Å². The second-order valence-corrected chi connectivity index (χ2v) is 15.7. The highest BCUT2D eigenvalue weighted by molar-refractivity contribution is 6.73. The van der Waals surface area contributed by atoms with Crippen molar-refractivity contribution < 1.29 is 8.85 Å². The van der Waals surface area contributed by atoms with Gasteiger partial charge in [0.1, 0.15) is 8.24 Å². The van der Waals surface area contributed by atoms with Gasteiger partial charge < -0.3 is 18.3 Å². The van der Waals surface area contributed by atoms with Gasteiger partial charge in [-0.1, -0.05) is 39.9 Å². The molecule has 0 N–H and O–H groups in total. The maximum atomic E-state index is 5.57. The summed E-state index contributed by atoms with van der Waals surface area (Å²) in [6, 6.07) is 1.09. The molecule has 0 aromatic carbocycles. The smallest absolute Gasteiger partial charge is 0.334 e. The summed E-state index contributed by atoms with van der Waals surface area (Å²) in [5, 5.41) is 0. The molecule has 0 amide bonds. The zero-order valence-corrected chi connectivity index (χ0v) is 18.4. The van der Waals surface area contributed by atoms with Crippen LogP contribution in [-0.4, -0.2) is 73.2 Å². The average Bonchev–Trinajstić information content (AvgIpc) is 2.48. The topological polar surface area (TPSA) is 24.9 Å². The van der Waals surface area contributed by atoms with Crippen molar-refractivity contribution >= 4 is 16.8 Å². The van der Waals surface area contributed by atoms with Crippen molar-refractivity contribution in [2.24, 2.45) is 0 Å². The molecule has 0 heterocycles. The summed E-state index contributed by atoms with van der Waals surface area (Å²) in [6.07, 6.45) is 2.45. The summed E-state index contributed by atoms with van der Waals surface area (Å²) in [6.45, 7) is 20.0. The van der Waals surface area contributed by atoms with Gasteiger partial charge in [-0.3, -0.25) is 0 Å². The van der Waals surface area contributed by atoms with Crippen molar-refractivity contribution in [3.05, 3.63) is 0 Å². The van der Waals surface area contributed by atoms with E-state index in [0.29, 0.717) is 0 Å². The quantitative estimate of drug-likeness (QED) is 0.375. The minimum Gasteiger partial charge on any atom is -0.398 e. The SMILES string of the molecule is CCN(CC)CCN(CCCC[Si](C)(OC)OC)[Si](C)(C)C. The van der Waals surface area contributed by atoms with Gasteiger partial charge >= 0.3 is 8.56 Å². The molecule has 0 saturated carbocycles. The van der Waals surface area contributed by atoms with Crippen LogP contribution >= 0.6 is 0 Å². The van der Waals surface area contributed by atoms with E-state index in [-0.39, 0.29) is 0 Å². The monoisotopic (exact) mass is 348 g/mol. The number of nitrogens with zero attached hydrogens (tertiary/aromatic N) is 2. The largest absolute Gasteiger partial charge is 0.398 e. The van der Waals surface area contributed by atoms with Crippen molar-refractivity contribution in [3.63, 3.8) is 0 Å². The number of rotatable bonds is 13. The Morgan fingerprint density at radius 2 is 1.32 bits per heavy atom. The van der Waals surface area contributed by atoms with Gasteiger partial charge in [0.05, 0.1) is 0 Å². The standard InChI is InChI=1S/C16H40N2O2Si2/c1-9-17(10-2)14-15-18(21(5,6)7)13-11-12-16-22(8,19-3)20-4/h9-16H2,1-8H3. The maximum Gasteiger partial charge on any atom is 0.334 e. The van der Waals surface area contributed by atoms with Crippen LogP contribution in [0.4, 0.5) is 0 Å². The van der Waals surface area contributed by atoms with Gasteiger partial charge in [-0.25, -0.2) is 0 Å². The van der Waals surface area contributed by atoms with Gasteiger partial charge in [0.15, 0.2) is 0 Å². The molecule has 0 bridgehead atoms. The van der Waals surface area contributed by atoms with Crippen LogP contribution in [0.3, 0.4) is 0 Å². The molecule has 4 nitrogen and oxygen atoms in total. The molecule has 0 radical (unpaired) electrons. The molecule has 0 aromatic rings. The van der Waals surface area contributed by atoms with Crippen molar-refractivity contribution in [2.75, 3.05) is 46.9 Å². The van der Waals surface area contributed by atoms with Crippen LogP contribution < -0.4 is 0 Å². The fraction of sp³-hybridized carbons (Fsp3) is 1.00. The summed E-state index contributed by atoms with van der Waals surface area (Å²) in [5.74, 6) is 0.